The molecule has 0 aliphatic heterocycles. The maximum Gasteiger partial charge on any atom is 0.115 e. The average Bonchev–Trinajstić information content (AvgIpc) is 2.80. The van der Waals surface area contributed by atoms with Crippen molar-refractivity contribution in [1.82, 2.24) is 0 Å². The van der Waals surface area contributed by atoms with Crippen LogP contribution in [0.4, 0.5) is 4.39 Å². The Labute approximate surface area is 179 Å². The van der Waals surface area contributed by atoms with E-state index < -0.39 is 0 Å². The summed E-state index contributed by atoms with van der Waals surface area (Å²) >= 11 is 0. The molecule has 1 heteroatoms. The molecule has 3 saturated carbocycles. The van der Waals surface area contributed by atoms with E-state index in [4.69, 9.17) is 0 Å². The quantitative estimate of drug-likeness (QED) is 0.449. The molecule has 0 N–H and O–H groups in total. The van der Waals surface area contributed by atoms with Gasteiger partial charge in [0.2, 0.25) is 0 Å². The molecule has 0 aromatic heterocycles. The Kier molecular flexibility index (Phi) is 7.71. The molecule has 3 fully saturated rings. The second-order valence-electron chi connectivity index (χ2n) is 10.7. The van der Waals surface area contributed by atoms with Crippen LogP contribution in [0.25, 0.3) is 0 Å². The van der Waals surface area contributed by atoms with Crippen LogP contribution in [0.1, 0.15) is 114 Å². The molecule has 29 heavy (non-hydrogen) atoms. The highest BCUT2D eigenvalue weighted by Gasteiger charge is 2.34. The number of alkyl halides is 1. The van der Waals surface area contributed by atoms with Crippen molar-refractivity contribution in [2.75, 3.05) is 0 Å². The highest BCUT2D eigenvalue weighted by Crippen LogP contribution is 2.47. The molecule has 0 saturated heterocycles. The van der Waals surface area contributed by atoms with Crippen molar-refractivity contribution < 1.29 is 4.39 Å². The van der Waals surface area contributed by atoms with Crippen LogP contribution in [0.2, 0.25) is 0 Å². The molecule has 3 aliphatic carbocycles. The summed E-state index contributed by atoms with van der Waals surface area (Å²) in [5.74, 6) is 5.88. The molecule has 1 aromatic rings. The standard InChI is InChI=1S/C28H43F/c1-2-3-21-4-8-23(9-5-21)25-12-16-27(17-13-25)28-18-14-26(15-19-28)24-10-6-22(20-29)7-11-24/h6-7,10-11,21,23,25-28H,2-5,8-9,12-20H2,1H3/t21-,23-,25?,26?,27?,28?. The van der Waals surface area contributed by atoms with Crippen molar-refractivity contribution in [3.63, 3.8) is 0 Å². The molecular weight excluding hydrogens is 355 g/mol. The van der Waals surface area contributed by atoms with Crippen molar-refractivity contribution in [2.45, 2.75) is 109 Å². The molecule has 0 spiro atoms. The fourth-order valence-electron chi connectivity index (χ4n) is 7.25. The zero-order valence-corrected chi connectivity index (χ0v) is 18.8. The molecule has 0 radical (unpaired) electrons. The molecule has 0 atom stereocenters. The van der Waals surface area contributed by atoms with E-state index in [0.717, 1.165) is 41.1 Å². The molecule has 0 nitrogen and oxygen atoms in total. The van der Waals surface area contributed by atoms with E-state index in [1.54, 1.807) is 0 Å². The summed E-state index contributed by atoms with van der Waals surface area (Å²) < 4.78 is 12.8. The van der Waals surface area contributed by atoms with Crippen molar-refractivity contribution >= 4 is 0 Å². The molecule has 0 bridgehead atoms. The number of hydrogen-bond acceptors (Lipinski definition) is 0. The maximum absolute atomic E-state index is 12.8. The molecule has 4 rings (SSSR count). The van der Waals surface area contributed by atoms with Crippen molar-refractivity contribution in [1.29, 1.82) is 0 Å². The molecular formula is C28H43F. The minimum Gasteiger partial charge on any atom is -0.246 e. The fourth-order valence-corrected chi connectivity index (χ4v) is 7.25. The summed E-state index contributed by atoms with van der Waals surface area (Å²) in [5, 5.41) is 0. The molecule has 162 valence electrons. The Morgan fingerprint density at radius 3 is 1.55 bits per heavy atom. The second kappa shape index (κ2) is 10.5. The van der Waals surface area contributed by atoms with Gasteiger partial charge in [-0.25, -0.2) is 4.39 Å². The number of hydrogen-bond donors (Lipinski definition) is 0. The lowest BCUT2D eigenvalue weighted by atomic mass is 9.64. The minimum atomic E-state index is -0.337. The fraction of sp³-hybridized carbons (Fsp3) is 0.786. The summed E-state index contributed by atoms with van der Waals surface area (Å²) in [6.45, 7) is 2.01. The topological polar surface area (TPSA) is 0 Å². The van der Waals surface area contributed by atoms with Crippen LogP contribution in [0.3, 0.4) is 0 Å². The Bertz CT molecular complexity index is 581. The lowest BCUT2D eigenvalue weighted by Crippen LogP contribution is -2.29. The third-order valence-corrected chi connectivity index (χ3v) is 9.12. The van der Waals surface area contributed by atoms with Gasteiger partial charge in [-0.3, -0.25) is 0 Å². The first kappa shape index (κ1) is 21.4. The van der Waals surface area contributed by atoms with E-state index in [2.05, 4.69) is 19.1 Å². The van der Waals surface area contributed by atoms with Gasteiger partial charge in [-0.2, -0.15) is 0 Å². The van der Waals surface area contributed by atoms with Crippen LogP contribution in [0.15, 0.2) is 24.3 Å². The van der Waals surface area contributed by atoms with Crippen LogP contribution in [0.5, 0.6) is 0 Å². The van der Waals surface area contributed by atoms with Gasteiger partial charge < -0.3 is 0 Å². The third-order valence-electron chi connectivity index (χ3n) is 9.12. The largest absolute Gasteiger partial charge is 0.246 e. The molecule has 0 unspecified atom stereocenters. The van der Waals surface area contributed by atoms with Crippen LogP contribution >= 0.6 is 0 Å². The smallest absolute Gasteiger partial charge is 0.115 e. The lowest BCUT2D eigenvalue weighted by molar-refractivity contribution is 0.109. The van der Waals surface area contributed by atoms with Gasteiger partial charge in [0, 0.05) is 0 Å². The van der Waals surface area contributed by atoms with Gasteiger partial charge in [-0.15, -0.1) is 0 Å². The number of rotatable bonds is 6. The van der Waals surface area contributed by atoms with Crippen LogP contribution in [-0.2, 0) is 6.67 Å². The van der Waals surface area contributed by atoms with E-state index >= 15 is 0 Å². The van der Waals surface area contributed by atoms with Crippen molar-refractivity contribution in [3.05, 3.63) is 35.4 Å². The second-order valence-corrected chi connectivity index (χ2v) is 10.7. The van der Waals surface area contributed by atoms with Gasteiger partial charge in [0.1, 0.15) is 6.67 Å². The van der Waals surface area contributed by atoms with Gasteiger partial charge in [0.15, 0.2) is 0 Å². The van der Waals surface area contributed by atoms with E-state index in [-0.39, 0.29) is 6.67 Å². The first-order valence-corrected chi connectivity index (χ1v) is 12.9. The maximum atomic E-state index is 12.8. The van der Waals surface area contributed by atoms with E-state index in [9.17, 15) is 4.39 Å². The highest BCUT2D eigenvalue weighted by atomic mass is 19.1. The normalized spacial score (nSPS) is 36.1. The SMILES string of the molecule is CCC[C@H]1CC[C@H](C2CCC(C3CCC(c4ccc(CF)cc4)CC3)CC2)CC1. The van der Waals surface area contributed by atoms with Crippen LogP contribution in [-0.4, -0.2) is 0 Å². The van der Waals surface area contributed by atoms with Gasteiger partial charge in [0.05, 0.1) is 0 Å². The first-order chi connectivity index (χ1) is 14.3. The van der Waals surface area contributed by atoms with Crippen molar-refractivity contribution in [2.24, 2.45) is 29.6 Å². The van der Waals surface area contributed by atoms with Gasteiger partial charge in [0.25, 0.3) is 0 Å². The lowest BCUT2D eigenvalue weighted by Gasteiger charge is -2.41. The van der Waals surface area contributed by atoms with Crippen LogP contribution < -0.4 is 0 Å². The van der Waals surface area contributed by atoms with Gasteiger partial charge >= 0.3 is 0 Å². The highest BCUT2D eigenvalue weighted by molar-refractivity contribution is 5.25. The predicted octanol–water partition coefficient (Wildman–Crippen LogP) is 8.84. The van der Waals surface area contributed by atoms with Gasteiger partial charge in [-0.05, 0) is 111 Å². The number of halogens is 1. The van der Waals surface area contributed by atoms with E-state index in [1.165, 1.54) is 95.5 Å². The molecule has 3 aliphatic rings. The Balaban J connectivity index is 1.19. The van der Waals surface area contributed by atoms with Crippen molar-refractivity contribution in [3.8, 4) is 0 Å². The molecule has 0 heterocycles. The Hall–Kier alpha value is -0.850. The Morgan fingerprint density at radius 2 is 1.10 bits per heavy atom. The third kappa shape index (κ3) is 5.45. The zero-order chi connectivity index (χ0) is 20.1. The van der Waals surface area contributed by atoms with Crippen LogP contribution in [0, 0.1) is 29.6 Å². The Morgan fingerprint density at radius 1 is 0.655 bits per heavy atom. The summed E-state index contributed by atoms with van der Waals surface area (Å²) in [6, 6.07) is 8.33. The minimum absolute atomic E-state index is 0.337. The summed E-state index contributed by atoms with van der Waals surface area (Å²) in [5.41, 5.74) is 2.26. The summed E-state index contributed by atoms with van der Waals surface area (Å²) in [6.07, 6.45) is 20.6. The monoisotopic (exact) mass is 398 g/mol. The number of benzene rings is 1. The van der Waals surface area contributed by atoms with E-state index in [1.807, 2.05) is 12.1 Å². The molecule has 1 aromatic carbocycles. The summed E-state index contributed by atoms with van der Waals surface area (Å²) in [7, 11) is 0. The average molecular weight is 399 g/mol. The summed E-state index contributed by atoms with van der Waals surface area (Å²) in [4.78, 5) is 0. The predicted molar refractivity (Wildman–Crippen MR) is 122 cm³/mol. The zero-order valence-electron chi connectivity index (χ0n) is 18.8. The first-order valence-electron chi connectivity index (χ1n) is 12.9. The molecule has 0 amide bonds. The van der Waals surface area contributed by atoms with Gasteiger partial charge in [-0.1, -0.05) is 56.9 Å². The van der Waals surface area contributed by atoms with E-state index in [0.29, 0.717) is 0 Å².